The number of fused-ring (bicyclic) bond motifs is 1. The van der Waals surface area contributed by atoms with E-state index >= 15 is 0 Å². The molecule has 1 aliphatic carbocycles. The predicted molar refractivity (Wildman–Crippen MR) is 125 cm³/mol. The van der Waals surface area contributed by atoms with Gasteiger partial charge in [0.1, 0.15) is 6.54 Å². The lowest BCUT2D eigenvalue weighted by Crippen LogP contribution is -2.36. The zero-order chi connectivity index (χ0) is 22.8. The summed E-state index contributed by atoms with van der Waals surface area (Å²) in [6.45, 7) is 0.295. The Morgan fingerprint density at radius 2 is 1.64 bits per heavy atom. The third-order valence-corrected chi connectivity index (χ3v) is 5.75. The van der Waals surface area contributed by atoms with Gasteiger partial charge in [-0.25, -0.2) is 9.36 Å². The lowest BCUT2D eigenvalue weighted by Gasteiger charge is -2.10. The quantitative estimate of drug-likeness (QED) is 0.475. The Labute approximate surface area is 189 Å². The Balaban J connectivity index is 1.28. The van der Waals surface area contributed by atoms with Crippen LogP contribution in [0.4, 0.5) is 0 Å². The molecule has 1 aliphatic rings. The lowest BCUT2D eigenvalue weighted by molar-refractivity contribution is -0.121. The summed E-state index contributed by atoms with van der Waals surface area (Å²) in [5.41, 5.74) is 1.87. The van der Waals surface area contributed by atoms with Crippen molar-refractivity contribution >= 4 is 16.7 Å². The molecule has 0 radical (unpaired) electrons. The van der Waals surface area contributed by atoms with Crippen LogP contribution >= 0.6 is 0 Å². The zero-order valence-electron chi connectivity index (χ0n) is 18.0. The van der Waals surface area contributed by atoms with Gasteiger partial charge in [-0.3, -0.25) is 14.4 Å². The van der Waals surface area contributed by atoms with E-state index in [0.717, 1.165) is 39.6 Å². The average Bonchev–Trinajstić information content (AvgIpc) is 3.67. The van der Waals surface area contributed by atoms with Crippen LogP contribution in [0.3, 0.4) is 0 Å². The SMILES string of the molecule is O=C(Cn1nc(-c2cccc3ccccc23)ccc1=O)NCCn1nc(C2CC2)ccc1=O. The molecule has 8 nitrogen and oxygen atoms in total. The first kappa shape index (κ1) is 20.8. The van der Waals surface area contributed by atoms with Crippen LogP contribution in [0.1, 0.15) is 24.5 Å². The highest BCUT2D eigenvalue weighted by molar-refractivity contribution is 5.95. The monoisotopic (exact) mass is 441 g/mol. The second-order valence-corrected chi connectivity index (χ2v) is 8.18. The number of carbonyl (C=O) groups excluding carboxylic acids is 1. The van der Waals surface area contributed by atoms with Gasteiger partial charge in [-0.15, -0.1) is 0 Å². The molecular weight excluding hydrogens is 418 g/mol. The number of nitrogens with zero attached hydrogens (tertiary/aromatic N) is 4. The van der Waals surface area contributed by atoms with E-state index < -0.39 is 0 Å². The normalized spacial score (nSPS) is 13.2. The van der Waals surface area contributed by atoms with Crippen LogP contribution in [-0.2, 0) is 17.9 Å². The number of nitrogens with one attached hydrogen (secondary N) is 1. The fourth-order valence-electron chi connectivity index (χ4n) is 3.87. The third kappa shape index (κ3) is 4.59. The van der Waals surface area contributed by atoms with Gasteiger partial charge in [-0.05, 0) is 35.7 Å². The fraction of sp³-hybridized carbons (Fsp3) is 0.240. The van der Waals surface area contributed by atoms with Gasteiger partial charge < -0.3 is 5.32 Å². The van der Waals surface area contributed by atoms with E-state index in [-0.39, 0.29) is 36.7 Å². The second-order valence-electron chi connectivity index (χ2n) is 8.18. The van der Waals surface area contributed by atoms with Crippen LogP contribution in [-0.4, -0.2) is 32.0 Å². The molecule has 8 heteroatoms. The van der Waals surface area contributed by atoms with Crippen LogP contribution in [0, 0.1) is 0 Å². The topological polar surface area (TPSA) is 98.9 Å². The maximum atomic E-state index is 12.5. The number of benzene rings is 2. The minimum Gasteiger partial charge on any atom is -0.353 e. The summed E-state index contributed by atoms with van der Waals surface area (Å²) in [6.07, 6.45) is 2.20. The van der Waals surface area contributed by atoms with Crippen molar-refractivity contribution < 1.29 is 4.79 Å². The van der Waals surface area contributed by atoms with Crippen molar-refractivity contribution in [1.29, 1.82) is 0 Å². The minimum atomic E-state index is -0.357. The van der Waals surface area contributed by atoms with Crippen LogP contribution in [0.15, 0.2) is 76.3 Å². The molecule has 4 aromatic rings. The second kappa shape index (κ2) is 8.82. The Morgan fingerprint density at radius 1 is 0.879 bits per heavy atom. The smallest absolute Gasteiger partial charge is 0.267 e. The molecule has 166 valence electrons. The largest absolute Gasteiger partial charge is 0.353 e. The Kier molecular flexibility index (Phi) is 5.56. The van der Waals surface area contributed by atoms with Gasteiger partial charge in [-0.1, -0.05) is 42.5 Å². The van der Waals surface area contributed by atoms with Crippen molar-refractivity contribution in [2.45, 2.75) is 31.8 Å². The number of amides is 1. The van der Waals surface area contributed by atoms with E-state index in [0.29, 0.717) is 11.6 Å². The van der Waals surface area contributed by atoms with E-state index in [1.807, 2.05) is 42.5 Å². The molecule has 2 heterocycles. The molecule has 1 amide bonds. The van der Waals surface area contributed by atoms with Gasteiger partial charge in [0.25, 0.3) is 11.1 Å². The molecule has 1 N–H and O–H groups in total. The highest BCUT2D eigenvalue weighted by atomic mass is 16.2. The van der Waals surface area contributed by atoms with E-state index in [2.05, 4.69) is 15.5 Å². The maximum absolute atomic E-state index is 12.5. The first-order valence-corrected chi connectivity index (χ1v) is 11.0. The number of aromatic nitrogens is 4. The Bertz CT molecular complexity index is 1450. The molecule has 33 heavy (non-hydrogen) atoms. The van der Waals surface area contributed by atoms with Crippen molar-refractivity contribution in [1.82, 2.24) is 24.9 Å². The Hall–Kier alpha value is -4.07. The standard InChI is InChI=1S/C25H23N5O3/c31-23(26-14-15-29-24(32)12-10-21(27-29)18-8-9-18)16-30-25(33)13-11-22(28-30)20-7-3-5-17-4-1-2-6-19(17)20/h1-7,10-13,18H,8-9,14-16H2,(H,26,31). The number of hydrogen-bond acceptors (Lipinski definition) is 5. The summed E-state index contributed by atoms with van der Waals surface area (Å²) in [5.74, 6) is 0.0875. The van der Waals surface area contributed by atoms with Crippen molar-refractivity contribution in [3.8, 4) is 11.3 Å². The van der Waals surface area contributed by atoms with E-state index in [1.54, 1.807) is 12.1 Å². The van der Waals surface area contributed by atoms with Crippen molar-refractivity contribution in [3.05, 3.63) is 93.1 Å². The van der Waals surface area contributed by atoms with Crippen LogP contribution in [0.5, 0.6) is 0 Å². The van der Waals surface area contributed by atoms with E-state index in [1.165, 1.54) is 16.8 Å². The molecule has 2 aromatic heterocycles. The summed E-state index contributed by atoms with van der Waals surface area (Å²) in [7, 11) is 0. The minimum absolute atomic E-state index is 0.200. The van der Waals surface area contributed by atoms with Crippen molar-refractivity contribution in [2.75, 3.05) is 6.54 Å². The molecule has 0 unspecified atom stereocenters. The molecule has 2 aromatic carbocycles. The number of rotatable bonds is 7. The Morgan fingerprint density at radius 3 is 2.48 bits per heavy atom. The molecular formula is C25H23N5O3. The van der Waals surface area contributed by atoms with Gasteiger partial charge in [-0.2, -0.15) is 10.2 Å². The fourth-order valence-corrected chi connectivity index (χ4v) is 3.87. The van der Waals surface area contributed by atoms with Gasteiger partial charge >= 0.3 is 0 Å². The molecule has 0 aliphatic heterocycles. The molecule has 0 bridgehead atoms. The third-order valence-electron chi connectivity index (χ3n) is 5.75. The van der Waals surface area contributed by atoms with E-state index in [4.69, 9.17) is 0 Å². The van der Waals surface area contributed by atoms with Crippen molar-refractivity contribution in [3.63, 3.8) is 0 Å². The first-order valence-electron chi connectivity index (χ1n) is 11.0. The van der Waals surface area contributed by atoms with E-state index in [9.17, 15) is 14.4 Å². The van der Waals surface area contributed by atoms with Gasteiger partial charge in [0.2, 0.25) is 5.91 Å². The summed E-state index contributed by atoms with van der Waals surface area (Å²) in [4.78, 5) is 36.8. The number of carbonyl (C=O) groups is 1. The maximum Gasteiger partial charge on any atom is 0.267 e. The lowest BCUT2D eigenvalue weighted by atomic mass is 10.0. The molecule has 5 rings (SSSR count). The first-order chi connectivity index (χ1) is 16.1. The molecule has 0 saturated heterocycles. The molecule has 0 spiro atoms. The van der Waals surface area contributed by atoms with Gasteiger partial charge in [0.15, 0.2) is 0 Å². The van der Waals surface area contributed by atoms with Gasteiger partial charge in [0, 0.05) is 30.2 Å². The summed E-state index contributed by atoms with van der Waals surface area (Å²) in [6, 6.07) is 20.2. The van der Waals surface area contributed by atoms with Crippen LogP contribution in [0.2, 0.25) is 0 Å². The highest BCUT2D eigenvalue weighted by Gasteiger charge is 2.25. The highest BCUT2D eigenvalue weighted by Crippen LogP contribution is 2.38. The summed E-state index contributed by atoms with van der Waals surface area (Å²) < 4.78 is 2.53. The number of hydrogen-bond donors (Lipinski definition) is 1. The average molecular weight is 441 g/mol. The zero-order valence-corrected chi connectivity index (χ0v) is 18.0. The molecule has 1 saturated carbocycles. The predicted octanol–water partition coefficient (Wildman–Crippen LogP) is 2.31. The van der Waals surface area contributed by atoms with Crippen LogP contribution in [0.25, 0.3) is 22.0 Å². The van der Waals surface area contributed by atoms with Crippen LogP contribution < -0.4 is 16.4 Å². The summed E-state index contributed by atoms with van der Waals surface area (Å²) in [5, 5.41) is 13.7. The van der Waals surface area contributed by atoms with Crippen molar-refractivity contribution in [2.24, 2.45) is 0 Å². The van der Waals surface area contributed by atoms with Gasteiger partial charge in [0.05, 0.1) is 17.9 Å². The molecule has 0 atom stereocenters. The summed E-state index contributed by atoms with van der Waals surface area (Å²) >= 11 is 0. The molecule has 1 fully saturated rings.